The lowest BCUT2D eigenvalue weighted by Gasteiger charge is -2.34. The Hall–Kier alpha value is -0.910. The fourth-order valence-corrected chi connectivity index (χ4v) is 2.08. The van der Waals surface area contributed by atoms with Crippen LogP contribution in [0.4, 0.5) is 0 Å². The van der Waals surface area contributed by atoms with Crippen LogP contribution in [0.2, 0.25) is 0 Å². The molecule has 0 amide bonds. The van der Waals surface area contributed by atoms with Gasteiger partial charge < -0.3 is 15.0 Å². The Morgan fingerprint density at radius 1 is 1.62 bits per heavy atom. The van der Waals surface area contributed by atoms with Gasteiger partial charge in [0.1, 0.15) is 5.82 Å². The van der Waals surface area contributed by atoms with Crippen LogP contribution in [0.5, 0.6) is 0 Å². The molecule has 1 atom stereocenters. The van der Waals surface area contributed by atoms with Crippen molar-refractivity contribution in [3.8, 4) is 0 Å². The van der Waals surface area contributed by atoms with Crippen LogP contribution in [0.25, 0.3) is 0 Å². The number of hydrogen-bond acceptors (Lipinski definition) is 4. The number of aryl methyl sites for hydroxylation is 1. The van der Waals surface area contributed by atoms with Gasteiger partial charge in [0.25, 0.3) is 0 Å². The third-order valence-corrected chi connectivity index (χ3v) is 3.17. The van der Waals surface area contributed by atoms with Crippen LogP contribution >= 0.6 is 0 Å². The molecule has 1 fully saturated rings. The second-order valence-corrected chi connectivity index (χ2v) is 4.20. The smallest absolute Gasteiger partial charge is 0.109 e. The Labute approximate surface area is 96.2 Å². The third kappa shape index (κ3) is 2.61. The summed E-state index contributed by atoms with van der Waals surface area (Å²) < 4.78 is 7.49. The fourth-order valence-electron chi connectivity index (χ4n) is 2.08. The van der Waals surface area contributed by atoms with Gasteiger partial charge in [0.15, 0.2) is 0 Å². The van der Waals surface area contributed by atoms with Crippen molar-refractivity contribution in [2.24, 2.45) is 12.8 Å². The number of rotatable bonds is 4. The van der Waals surface area contributed by atoms with Gasteiger partial charge in [-0.15, -0.1) is 0 Å². The molecule has 1 unspecified atom stereocenters. The van der Waals surface area contributed by atoms with Crippen LogP contribution in [-0.4, -0.2) is 53.3 Å². The predicted octanol–water partition coefficient (Wildman–Crippen LogP) is -0.378. The van der Waals surface area contributed by atoms with Crippen LogP contribution in [0.15, 0.2) is 12.4 Å². The highest BCUT2D eigenvalue weighted by Crippen LogP contribution is 2.07. The minimum absolute atomic E-state index is 0.369. The van der Waals surface area contributed by atoms with E-state index in [4.69, 9.17) is 10.5 Å². The monoisotopic (exact) mass is 224 g/mol. The van der Waals surface area contributed by atoms with E-state index in [9.17, 15) is 0 Å². The molecule has 0 bridgehead atoms. The van der Waals surface area contributed by atoms with Gasteiger partial charge in [-0.2, -0.15) is 0 Å². The van der Waals surface area contributed by atoms with Crippen molar-refractivity contribution in [2.75, 3.05) is 32.8 Å². The maximum atomic E-state index is 5.73. The number of morpholine rings is 1. The second-order valence-electron chi connectivity index (χ2n) is 4.20. The predicted molar refractivity (Wildman–Crippen MR) is 62.1 cm³/mol. The second kappa shape index (κ2) is 5.43. The van der Waals surface area contributed by atoms with E-state index in [-0.39, 0.29) is 0 Å². The maximum Gasteiger partial charge on any atom is 0.109 e. The first-order chi connectivity index (χ1) is 7.81. The molecule has 2 heterocycles. The number of aromatic nitrogens is 2. The van der Waals surface area contributed by atoms with Gasteiger partial charge in [0, 0.05) is 51.5 Å². The third-order valence-electron chi connectivity index (χ3n) is 3.17. The zero-order chi connectivity index (χ0) is 11.4. The Morgan fingerprint density at radius 2 is 2.50 bits per heavy atom. The molecule has 5 nitrogen and oxygen atoms in total. The minimum atomic E-state index is 0.369. The number of nitrogens with zero attached hydrogens (tertiary/aromatic N) is 3. The van der Waals surface area contributed by atoms with E-state index in [1.165, 1.54) is 0 Å². The van der Waals surface area contributed by atoms with Crippen LogP contribution in [0, 0.1) is 0 Å². The lowest BCUT2D eigenvalue weighted by molar-refractivity contribution is -0.00346. The van der Waals surface area contributed by atoms with E-state index < -0.39 is 0 Å². The molecule has 0 radical (unpaired) electrons. The lowest BCUT2D eigenvalue weighted by Crippen LogP contribution is -2.50. The summed E-state index contributed by atoms with van der Waals surface area (Å²) >= 11 is 0. The minimum Gasteiger partial charge on any atom is -0.378 e. The van der Waals surface area contributed by atoms with Crippen molar-refractivity contribution in [3.63, 3.8) is 0 Å². The normalized spacial score (nSPS) is 22.5. The molecule has 0 spiro atoms. The van der Waals surface area contributed by atoms with Crippen LogP contribution in [-0.2, 0) is 18.2 Å². The Kier molecular flexibility index (Phi) is 3.93. The van der Waals surface area contributed by atoms with Crippen LogP contribution in [0.3, 0.4) is 0 Å². The van der Waals surface area contributed by atoms with Gasteiger partial charge >= 0.3 is 0 Å². The van der Waals surface area contributed by atoms with E-state index in [0.717, 1.165) is 38.5 Å². The molecule has 1 aliphatic heterocycles. The Morgan fingerprint density at radius 3 is 3.19 bits per heavy atom. The Bertz CT molecular complexity index is 326. The summed E-state index contributed by atoms with van der Waals surface area (Å²) in [5, 5.41) is 0. The van der Waals surface area contributed by atoms with Crippen molar-refractivity contribution in [2.45, 2.75) is 12.5 Å². The largest absolute Gasteiger partial charge is 0.378 e. The summed E-state index contributed by atoms with van der Waals surface area (Å²) in [6.07, 6.45) is 4.80. The molecule has 0 aliphatic carbocycles. The average molecular weight is 224 g/mol. The number of nitrogens with two attached hydrogens (primary N) is 1. The van der Waals surface area contributed by atoms with Crippen molar-refractivity contribution >= 4 is 0 Å². The summed E-state index contributed by atoms with van der Waals surface area (Å²) in [6.45, 7) is 4.23. The standard InChI is InChI=1S/C11H20N4O/c1-14-5-3-13-11(14)2-4-15-6-7-16-9-10(15)8-12/h3,5,10H,2,4,6-9,12H2,1H3. The molecule has 1 saturated heterocycles. The van der Waals surface area contributed by atoms with E-state index in [2.05, 4.69) is 14.5 Å². The molecule has 16 heavy (non-hydrogen) atoms. The maximum absolute atomic E-state index is 5.73. The fraction of sp³-hybridized carbons (Fsp3) is 0.727. The quantitative estimate of drug-likeness (QED) is 0.757. The van der Waals surface area contributed by atoms with E-state index >= 15 is 0 Å². The first-order valence-electron chi connectivity index (χ1n) is 5.79. The van der Waals surface area contributed by atoms with Gasteiger partial charge in [0.2, 0.25) is 0 Å². The van der Waals surface area contributed by atoms with Gasteiger partial charge in [0.05, 0.1) is 13.2 Å². The molecule has 1 aromatic rings. The summed E-state index contributed by atoms with van der Waals surface area (Å²) in [6, 6.07) is 0.369. The molecule has 2 N–H and O–H groups in total. The molecular formula is C11H20N4O. The van der Waals surface area contributed by atoms with Crippen molar-refractivity contribution in [3.05, 3.63) is 18.2 Å². The van der Waals surface area contributed by atoms with Crippen LogP contribution in [0.1, 0.15) is 5.82 Å². The molecule has 1 aromatic heterocycles. The summed E-state index contributed by atoms with van der Waals surface area (Å²) in [7, 11) is 2.03. The molecule has 0 saturated carbocycles. The molecular weight excluding hydrogens is 204 g/mol. The zero-order valence-corrected chi connectivity index (χ0v) is 9.80. The molecule has 2 rings (SSSR count). The number of imidazole rings is 1. The first kappa shape index (κ1) is 11.6. The van der Waals surface area contributed by atoms with Crippen molar-refractivity contribution in [1.82, 2.24) is 14.5 Å². The highest BCUT2D eigenvalue weighted by molar-refractivity contribution is 4.92. The SMILES string of the molecule is Cn1ccnc1CCN1CCOCC1CN. The van der Waals surface area contributed by atoms with Crippen molar-refractivity contribution in [1.29, 1.82) is 0 Å². The van der Waals surface area contributed by atoms with E-state index in [1.54, 1.807) is 0 Å². The molecule has 1 aliphatic rings. The Balaban J connectivity index is 1.86. The topological polar surface area (TPSA) is 56.3 Å². The van der Waals surface area contributed by atoms with E-state index in [0.29, 0.717) is 12.6 Å². The lowest BCUT2D eigenvalue weighted by atomic mass is 10.2. The van der Waals surface area contributed by atoms with Gasteiger partial charge in [-0.3, -0.25) is 4.90 Å². The zero-order valence-electron chi connectivity index (χ0n) is 9.80. The molecule has 0 aromatic carbocycles. The van der Waals surface area contributed by atoms with Gasteiger partial charge in [-0.05, 0) is 0 Å². The summed E-state index contributed by atoms with van der Waals surface area (Å²) in [4.78, 5) is 6.73. The van der Waals surface area contributed by atoms with Crippen LogP contribution < -0.4 is 5.73 Å². The molecule has 90 valence electrons. The average Bonchev–Trinajstić information content (AvgIpc) is 2.72. The van der Waals surface area contributed by atoms with E-state index in [1.807, 2.05) is 19.4 Å². The summed E-state index contributed by atoms with van der Waals surface area (Å²) in [5.74, 6) is 1.13. The highest BCUT2D eigenvalue weighted by atomic mass is 16.5. The van der Waals surface area contributed by atoms with Gasteiger partial charge in [-0.25, -0.2) is 4.98 Å². The number of ether oxygens (including phenoxy) is 1. The first-order valence-corrected chi connectivity index (χ1v) is 5.79. The highest BCUT2D eigenvalue weighted by Gasteiger charge is 2.21. The van der Waals surface area contributed by atoms with Gasteiger partial charge in [-0.1, -0.05) is 0 Å². The van der Waals surface area contributed by atoms with Crippen molar-refractivity contribution < 1.29 is 4.74 Å². The summed E-state index contributed by atoms with van der Waals surface area (Å²) in [5.41, 5.74) is 5.73. The molecule has 5 heteroatoms. The number of hydrogen-bond donors (Lipinski definition) is 1.